The summed E-state index contributed by atoms with van der Waals surface area (Å²) in [6.45, 7) is 0. The molecular weight excluding hydrogens is 295 g/mol. The van der Waals surface area contributed by atoms with Crippen molar-refractivity contribution in [3.05, 3.63) is 35.8 Å². The molecule has 112 valence electrons. The monoisotopic (exact) mass is 310 g/mol. The number of fused-ring (bicyclic) bond motifs is 1. The zero-order valence-corrected chi connectivity index (χ0v) is 12.3. The van der Waals surface area contributed by atoms with Gasteiger partial charge in [0, 0.05) is 24.0 Å². The van der Waals surface area contributed by atoms with Crippen molar-refractivity contribution in [2.45, 2.75) is 12.5 Å². The van der Waals surface area contributed by atoms with Crippen LogP contribution < -0.4 is 0 Å². The quantitative estimate of drug-likeness (QED) is 0.915. The maximum absolute atomic E-state index is 13.2. The Hall–Kier alpha value is -1.89. The predicted octanol–water partition coefficient (Wildman–Crippen LogP) is 1.57. The Bertz CT molecular complexity index is 813. The molecule has 1 saturated heterocycles. The van der Waals surface area contributed by atoms with Crippen molar-refractivity contribution in [1.82, 2.24) is 9.88 Å². The highest BCUT2D eigenvalue weighted by atomic mass is 32.2. The summed E-state index contributed by atoms with van der Waals surface area (Å²) in [5.41, 5.74) is 1.01. The number of nitrogens with zero attached hydrogens (tertiary/aromatic N) is 1. The van der Waals surface area contributed by atoms with Gasteiger partial charge in [-0.1, -0.05) is 0 Å². The van der Waals surface area contributed by atoms with E-state index in [1.165, 1.54) is 17.0 Å². The van der Waals surface area contributed by atoms with Crippen molar-refractivity contribution in [3.8, 4) is 0 Å². The highest BCUT2D eigenvalue weighted by Crippen LogP contribution is 2.21. The summed E-state index contributed by atoms with van der Waals surface area (Å²) >= 11 is 0. The van der Waals surface area contributed by atoms with Crippen LogP contribution in [0.2, 0.25) is 0 Å². The summed E-state index contributed by atoms with van der Waals surface area (Å²) in [5, 5.41) is 0.616. The Morgan fingerprint density at radius 2 is 2.14 bits per heavy atom. The number of hydrogen-bond donors (Lipinski definition) is 1. The lowest BCUT2D eigenvalue weighted by Crippen LogP contribution is -2.37. The maximum Gasteiger partial charge on any atom is 0.270 e. The number of amides is 1. The second-order valence-corrected chi connectivity index (χ2v) is 7.62. The zero-order valence-electron chi connectivity index (χ0n) is 11.5. The van der Waals surface area contributed by atoms with E-state index < -0.39 is 9.84 Å². The van der Waals surface area contributed by atoms with Gasteiger partial charge in [0.05, 0.1) is 11.5 Å². The summed E-state index contributed by atoms with van der Waals surface area (Å²) in [7, 11) is -1.44. The number of rotatable bonds is 2. The van der Waals surface area contributed by atoms with Crippen molar-refractivity contribution in [3.63, 3.8) is 0 Å². The van der Waals surface area contributed by atoms with Gasteiger partial charge < -0.3 is 9.88 Å². The molecule has 21 heavy (non-hydrogen) atoms. The van der Waals surface area contributed by atoms with Crippen molar-refractivity contribution in [1.29, 1.82) is 0 Å². The lowest BCUT2D eigenvalue weighted by atomic mass is 10.2. The number of sulfone groups is 1. The number of benzene rings is 1. The molecule has 0 aliphatic carbocycles. The van der Waals surface area contributed by atoms with Crippen LogP contribution >= 0.6 is 0 Å². The third-order valence-electron chi connectivity index (χ3n) is 3.89. The number of H-pyrrole nitrogens is 1. The number of carbonyl (C=O) groups is 1. The van der Waals surface area contributed by atoms with Gasteiger partial charge in [0.25, 0.3) is 5.91 Å². The first-order chi connectivity index (χ1) is 9.85. The lowest BCUT2D eigenvalue weighted by Gasteiger charge is -2.22. The van der Waals surface area contributed by atoms with Crippen molar-refractivity contribution in [2.24, 2.45) is 0 Å². The van der Waals surface area contributed by atoms with Crippen LogP contribution in [0.3, 0.4) is 0 Å². The van der Waals surface area contributed by atoms with E-state index in [9.17, 15) is 17.6 Å². The Morgan fingerprint density at radius 1 is 1.38 bits per heavy atom. The summed E-state index contributed by atoms with van der Waals surface area (Å²) in [6, 6.07) is 5.52. The number of nitrogens with one attached hydrogen (secondary N) is 1. The van der Waals surface area contributed by atoms with Crippen LogP contribution in [-0.4, -0.2) is 48.8 Å². The van der Waals surface area contributed by atoms with E-state index in [0.717, 1.165) is 0 Å². The molecule has 0 saturated carbocycles. The summed E-state index contributed by atoms with van der Waals surface area (Å²) in [4.78, 5) is 16.8. The number of halogens is 1. The normalized spacial score (nSPS) is 20.8. The van der Waals surface area contributed by atoms with Gasteiger partial charge in [-0.05, 0) is 30.7 Å². The molecule has 0 unspecified atom stereocenters. The van der Waals surface area contributed by atoms with E-state index in [2.05, 4.69) is 4.98 Å². The topological polar surface area (TPSA) is 70.2 Å². The van der Waals surface area contributed by atoms with Gasteiger partial charge in [-0.25, -0.2) is 12.8 Å². The average molecular weight is 310 g/mol. The second-order valence-electron chi connectivity index (χ2n) is 5.39. The molecule has 0 bridgehead atoms. The first-order valence-electron chi connectivity index (χ1n) is 6.61. The van der Waals surface area contributed by atoms with Crippen molar-refractivity contribution in [2.75, 3.05) is 18.6 Å². The molecule has 2 aromatic rings. The number of hydrogen-bond acceptors (Lipinski definition) is 3. The fraction of sp³-hybridized carbons (Fsp3) is 0.357. The Morgan fingerprint density at radius 3 is 2.81 bits per heavy atom. The van der Waals surface area contributed by atoms with Gasteiger partial charge in [0.2, 0.25) is 0 Å². The van der Waals surface area contributed by atoms with E-state index in [4.69, 9.17) is 0 Å². The summed E-state index contributed by atoms with van der Waals surface area (Å²) < 4.78 is 36.2. The van der Waals surface area contributed by atoms with Crippen molar-refractivity contribution < 1.29 is 17.6 Å². The summed E-state index contributed by atoms with van der Waals surface area (Å²) in [5.74, 6) is -0.526. The third kappa shape index (κ3) is 2.65. The van der Waals surface area contributed by atoms with E-state index in [0.29, 0.717) is 23.0 Å². The zero-order chi connectivity index (χ0) is 15.2. The van der Waals surface area contributed by atoms with Gasteiger partial charge in [0.1, 0.15) is 11.5 Å². The molecule has 1 aliphatic rings. The largest absolute Gasteiger partial charge is 0.351 e. The van der Waals surface area contributed by atoms with Crippen LogP contribution in [-0.2, 0) is 9.84 Å². The van der Waals surface area contributed by atoms with Crippen LogP contribution in [0.5, 0.6) is 0 Å². The van der Waals surface area contributed by atoms with Crippen LogP contribution in [0.15, 0.2) is 24.3 Å². The number of aromatic amines is 1. The number of carbonyl (C=O) groups excluding carboxylic acids is 1. The van der Waals surface area contributed by atoms with E-state index in [-0.39, 0.29) is 29.3 Å². The highest BCUT2D eigenvalue weighted by molar-refractivity contribution is 7.91. The first kappa shape index (κ1) is 14.1. The van der Waals surface area contributed by atoms with Crippen molar-refractivity contribution >= 4 is 26.6 Å². The molecule has 0 radical (unpaired) electrons. The Kier molecular flexibility index (Phi) is 3.24. The van der Waals surface area contributed by atoms with Gasteiger partial charge in [0.15, 0.2) is 9.84 Å². The van der Waals surface area contributed by atoms with Crippen LogP contribution in [0, 0.1) is 5.82 Å². The molecule has 1 fully saturated rings. The minimum Gasteiger partial charge on any atom is -0.351 e. The fourth-order valence-corrected chi connectivity index (χ4v) is 4.43. The third-order valence-corrected chi connectivity index (χ3v) is 5.64. The first-order valence-corrected chi connectivity index (χ1v) is 8.44. The minimum absolute atomic E-state index is 0.00406. The molecule has 1 aromatic heterocycles. The molecule has 1 aromatic carbocycles. The molecule has 2 heterocycles. The van der Waals surface area contributed by atoms with Crippen LogP contribution in [0.1, 0.15) is 16.9 Å². The fourth-order valence-electron chi connectivity index (χ4n) is 2.66. The van der Waals surface area contributed by atoms with Gasteiger partial charge >= 0.3 is 0 Å². The highest BCUT2D eigenvalue weighted by Gasteiger charge is 2.33. The van der Waals surface area contributed by atoms with E-state index >= 15 is 0 Å². The van der Waals surface area contributed by atoms with E-state index in [1.807, 2.05) is 0 Å². The molecular formula is C14H15FN2O3S. The Balaban J connectivity index is 1.86. The summed E-state index contributed by atoms with van der Waals surface area (Å²) in [6.07, 6.45) is 0.458. The Labute approximate surface area is 121 Å². The van der Waals surface area contributed by atoms with Gasteiger partial charge in [-0.3, -0.25) is 4.79 Å². The molecule has 1 N–H and O–H groups in total. The minimum atomic E-state index is -3.04. The van der Waals surface area contributed by atoms with Gasteiger partial charge in [-0.2, -0.15) is 0 Å². The molecule has 7 heteroatoms. The molecule has 3 rings (SSSR count). The molecule has 1 atom stereocenters. The standard InChI is InChI=1S/C14H15FN2O3S/c1-17(11-4-5-21(19,20)8-11)14(18)13-7-9-6-10(15)2-3-12(9)16-13/h2-3,6-7,11,16H,4-5,8H2,1H3/t11-/m0/s1. The van der Waals surface area contributed by atoms with Crippen LogP contribution in [0.4, 0.5) is 4.39 Å². The molecule has 5 nitrogen and oxygen atoms in total. The predicted molar refractivity (Wildman–Crippen MR) is 77.4 cm³/mol. The average Bonchev–Trinajstić information content (AvgIpc) is 2.99. The smallest absolute Gasteiger partial charge is 0.270 e. The molecule has 0 spiro atoms. The van der Waals surface area contributed by atoms with Gasteiger partial charge in [-0.15, -0.1) is 0 Å². The van der Waals surface area contributed by atoms with Crippen LogP contribution in [0.25, 0.3) is 10.9 Å². The maximum atomic E-state index is 13.2. The van der Waals surface area contributed by atoms with E-state index in [1.54, 1.807) is 19.2 Å². The SMILES string of the molecule is CN(C(=O)c1cc2cc(F)ccc2[nH]1)[C@H]1CCS(=O)(=O)C1. The number of aromatic nitrogens is 1. The second kappa shape index (κ2) is 4.84. The molecule has 1 aliphatic heterocycles. The molecule has 1 amide bonds. The lowest BCUT2D eigenvalue weighted by molar-refractivity contribution is 0.0743.